The van der Waals surface area contributed by atoms with Crippen molar-refractivity contribution in [1.82, 2.24) is 9.13 Å². The smallest absolute Gasteiger partial charge is 0.255 e. The van der Waals surface area contributed by atoms with Gasteiger partial charge in [0, 0.05) is 0 Å². The van der Waals surface area contributed by atoms with Gasteiger partial charge in [0.25, 0.3) is 17.0 Å². The molecule has 0 aromatic carbocycles. The first-order valence-electron chi connectivity index (χ1n) is 8.95. The van der Waals surface area contributed by atoms with E-state index in [-0.39, 0.29) is 0 Å². The van der Waals surface area contributed by atoms with Crippen LogP contribution in [0, 0.1) is 0 Å². The molecule has 3 nitrogen and oxygen atoms in total. The fourth-order valence-electron chi connectivity index (χ4n) is 3.12. The number of hydrogen-bond acceptors (Lipinski definition) is 3. The van der Waals surface area contributed by atoms with Gasteiger partial charge in [0.05, 0.1) is 0 Å². The van der Waals surface area contributed by atoms with E-state index in [4.69, 9.17) is 4.12 Å². The summed E-state index contributed by atoms with van der Waals surface area (Å²) in [5.74, 6) is 0. The molecule has 0 N–H and O–H groups in total. The lowest BCUT2D eigenvalue weighted by atomic mass is 10.4. The Morgan fingerprint density at radius 3 is 1.00 bits per heavy atom. The van der Waals surface area contributed by atoms with Crippen LogP contribution in [-0.4, -0.2) is 52.3 Å². The van der Waals surface area contributed by atoms with Crippen LogP contribution in [-0.2, 0) is 4.12 Å². The molecule has 0 saturated heterocycles. The minimum atomic E-state index is -1.78. The van der Waals surface area contributed by atoms with Crippen LogP contribution in [0.15, 0.2) is 0 Å². The highest BCUT2D eigenvalue weighted by Crippen LogP contribution is 2.22. The van der Waals surface area contributed by atoms with Crippen LogP contribution in [0.3, 0.4) is 0 Å². The Morgan fingerprint density at radius 1 is 0.571 bits per heavy atom. The van der Waals surface area contributed by atoms with Crippen molar-refractivity contribution in [2.24, 2.45) is 0 Å². The van der Waals surface area contributed by atoms with E-state index >= 15 is 0 Å². The van der Waals surface area contributed by atoms with E-state index in [9.17, 15) is 0 Å². The summed E-state index contributed by atoms with van der Waals surface area (Å²) in [5.41, 5.74) is 0. The lowest BCUT2D eigenvalue weighted by Crippen LogP contribution is -2.63. The molecule has 21 heavy (non-hydrogen) atoms. The largest absolute Gasteiger partial charge is 0.433 e. The van der Waals surface area contributed by atoms with E-state index < -0.39 is 17.0 Å². The second kappa shape index (κ2) is 10.2. The summed E-state index contributed by atoms with van der Waals surface area (Å²) in [5, 5.41) is 0. The number of nitrogens with zero attached hydrogens (tertiary/aromatic N) is 2. The normalized spacial score (nSPS) is 13.4. The van der Waals surface area contributed by atoms with Gasteiger partial charge >= 0.3 is 0 Å². The van der Waals surface area contributed by atoms with Crippen molar-refractivity contribution in [2.45, 2.75) is 79.6 Å². The van der Waals surface area contributed by atoms with Gasteiger partial charge in [0.2, 0.25) is 0 Å². The van der Waals surface area contributed by atoms with Crippen molar-refractivity contribution >= 4 is 17.0 Å². The molecule has 0 bridgehead atoms. The molecule has 0 saturated carbocycles. The third-order valence-electron chi connectivity index (χ3n) is 4.00. The SMILES string of the molecule is CCCN(CCC)[Si](C)(C)O[Si](C)(C)N(CCC)CCC. The van der Waals surface area contributed by atoms with Crippen LogP contribution >= 0.6 is 0 Å². The lowest BCUT2D eigenvalue weighted by Gasteiger charge is -2.45. The highest BCUT2D eigenvalue weighted by Gasteiger charge is 2.40. The first-order valence-corrected chi connectivity index (χ1v) is 14.7. The zero-order valence-electron chi connectivity index (χ0n) is 16.0. The van der Waals surface area contributed by atoms with Crippen molar-refractivity contribution in [1.29, 1.82) is 0 Å². The van der Waals surface area contributed by atoms with E-state index in [0.717, 1.165) is 0 Å². The number of rotatable bonds is 12. The maximum atomic E-state index is 6.89. The standard InChI is InChI=1S/C16H40N2OSi2/c1-9-13-17(14-10-2)20(5,6)19-21(7,8)18(15-11-3)16-12-4/h9-16H2,1-8H3. The molecule has 0 unspecified atom stereocenters. The van der Waals surface area contributed by atoms with Gasteiger partial charge in [-0.05, 0) is 78.1 Å². The molecule has 0 spiro atoms. The first-order chi connectivity index (χ1) is 9.75. The quantitative estimate of drug-likeness (QED) is 0.484. The molecule has 0 heterocycles. The van der Waals surface area contributed by atoms with Gasteiger partial charge in [-0.3, -0.25) is 0 Å². The van der Waals surface area contributed by atoms with Crippen LogP contribution in [0.25, 0.3) is 0 Å². The lowest BCUT2D eigenvalue weighted by molar-refractivity contribution is 0.299. The maximum Gasteiger partial charge on any atom is 0.255 e. The monoisotopic (exact) mass is 332 g/mol. The molecule has 0 aliphatic heterocycles. The molecule has 0 amide bonds. The predicted octanol–water partition coefficient (Wildman–Crippen LogP) is 4.65. The summed E-state index contributed by atoms with van der Waals surface area (Å²) in [4.78, 5) is 0. The van der Waals surface area contributed by atoms with E-state index in [2.05, 4.69) is 63.0 Å². The first kappa shape index (κ1) is 21.3. The third kappa shape index (κ3) is 7.41. The molecule has 0 aromatic heterocycles. The van der Waals surface area contributed by atoms with Gasteiger partial charge in [0.1, 0.15) is 0 Å². The van der Waals surface area contributed by atoms with Crippen molar-refractivity contribution in [3.63, 3.8) is 0 Å². The fraction of sp³-hybridized carbons (Fsp3) is 1.00. The number of hydrogen-bond donors (Lipinski definition) is 0. The molecular weight excluding hydrogens is 292 g/mol. The molecule has 0 radical (unpaired) electrons. The topological polar surface area (TPSA) is 15.7 Å². The minimum Gasteiger partial charge on any atom is -0.433 e. The van der Waals surface area contributed by atoms with Gasteiger partial charge in [-0.1, -0.05) is 27.7 Å². The van der Waals surface area contributed by atoms with Crippen molar-refractivity contribution in [3.05, 3.63) is 0 Å². The third-order valence-corrected chi connectivity index (χ3v) is 11.9. The summed E-state index contributed by atoms with van der Waals surface area (Å²) in [6.45, 7) is 23.4. The van der Waals surface area contributed by atoms with Crippen LogP contribution < -0.4 is 0 Å². The highest BCUT2D eigenvalue weighted by molar-refractivity contribution is 6.82. The van der Waals surface area contributed by atoms with Crippen molar-refractivity contribution < 1.29 is 4.12 Å². The Hall–Kier alpha value is 0.314. The maximum absolute atomic E-state index is 6.89. The molecule has 128 valence electrons. The molecule has 0 rings (SSSR count). The average molecular weight is 333 g/mol. The Morgan fingerprint density at radius 2 is 0.810 bits per heavy atom. The Bertz CT molecular complexity index is 235. The van der Waals surface area contributed by atoms with Crippen molar-refractivity contribution in [2.75, 3.05) is 26.2 Å². The van der Waals surface area contributed by atoms with E-state index in [1.165, 1.54) is 51.9 Å². The molecule has 0 aliphatic carbocycles. The Kier molecular flexibility index (Phi) is 10.3. The Labute approximate surface area is 136 Å². The average Bonchev–Trinajstić information content (AvgIpc) is 2.37. The highest BCUT2D eigenvalue weighted by atomic mass is 28.4. The van der Waals surface area contributed by atoms with Gasteiger partial charge in [-0.15, -0.1) is 0 Å². The zero-order chi connectivity index (χ0) is 16.5. The van der Waals surface area contributed by atoms with Crippen LogP contribution in [0.1, 0.15) is 53.4 Å². The molecule has 0 atom stereocenters. The summed E-state index contributed by atoms with van der Waals surface area (Å²) >= 11 is 0. The second-order valence-electron chi connectivity index (χ2n) is 6.97. The van der Waals surface area contributed by atoms with E-state index in [0.29, 0.717) is 0 Å². The van der Waals surface area contributed by atoms with Gasteiger partial charge in [-0.2, -0.15) is 0 Å². The van der Waals surface area contributed by atoms with Crippen molar-refractivity contribution in [3.8, 4) is 0 Å². The molecular formula is C16H40N2OSi2. The summed E-state index contributed by atoms with van der Waals surface area (Å²) in [6, 6.07) is 0. The van der Waals surface area contributed by atoms with Gasteiger partial charge in [-0.25, -0.2) is 0 Å². The van der Waals surface area contributed by atoms with Crippen LogP contribution in [0.4, 0.5) is 0 Å². The van der Waals surface area contributed by atoms with Crippen LogP contribution in [0.2, 0.25) is 26.2 Å². The molecule has 0 aromatic rings. The second-order valence-corrected chi connectivity index (χ2v) is 14.8. The van der Waals surface area contributed by atoms with Gasteiger partial charge < -0.3 is 13.2 Å². The molecule has 5 heteroatoms. The van der Waals surface area contributed by atoms with Crippen LogP contribution in [0.5, 0.6) is 0 Å². The molecule has 0 aliphatic rings. The van der Waals surface area contributed by atoms with E-state index in [1.807, 2.05) is 0 Å². The Balaban J connectivity index is 4.97. The molecule has 0 fully saturated rings. The minimum absolute atomic E-state index is 1.18. The summed E-state index contributed by atoms with van der Waals surface area (Å²) < 4.78 is 12.2. The van der Waals surface area contributed by atoms with E-state index in [1.54, 1.807) is 0 Å². The fourth-order valence-corrected chi connectivity index (χ4v) is 12.1. The summed E-state index contributed by atoms with van der Waals surface area (Å²) in [7, 11) is -3.56. The zero-order valence-corrected chi connectivity index (χ0v) is 18.0. The summed E-state index contributed by atoms with van der Waals surface area (Å²) in [6.07, 6.45) is 4.87. The predicted molar refractivity (Wildman–Crippen MR) is 100 cm³/mol. The van der Waals surface area contributed by atoms with Gasteiger partial charge in [0.15, 0.2) is 0 Å².